The van der Waals surface area contributed by atoms with Crippen molar-refractivity contribution >= 4 is 23.3 Å². The molecule has 1 aliphatic rings. The molecule has 0 spiro atoms. The van der Waals surface area contributed by atoms with Gasteiger partial charge in [0, 0.05) is 38.1 Å². The highest BCUT2D eigenvalue weighted by Crippen LogP contribution is 2.21. The third-order valence-corrected chi connectivity index (χ3v) is 4.04. The van der Waals surface area contributed by atoms with Crippen LogP contribution < -0.4 is 15.1 Å². The first-order chi connectivity index (χ1) is 11.6. The number of aromatic nitrogens is 1. The lowest BCUT2D eigenvalue weighted by Gasteiger charge is -2.17. The van der Waals surface area contributed by atoms with Gasteiger partial charge in [-0.1, -0.05) is 18.2 Å². The summed E-state index contributed by atoms with van der Waals surface area (Å²) in [7, 11) is 3.73. The Morgan fingerprint density at radius 1 is 1.25 bits per heavy atom. The second-order valence-electron chi connectivity index (χ2n) is 5.94. The van der Waals surface area contributed by atoms with E-state index in [0.29, 0.717) is 24.3 Å². The zero-order valence-electron chi connectivity index (χ0n) is 13.8. The Morgan fingerprint density at radius 3 is 2.71 bits per heavy atom. The molecule has 1 aliphatic heterocycles. The van der Waals surface area contributed by atoms with Crippen LogP contribution in [0, 0.1) is 0 Å². The van der Waals surface area contributed by atoms with Gasteiger partial charge >= 0.3 is 0 Å². The van der Waals surface area contributed by atoms with Crippen molar-refractivity contribution in [1.29, 1.82) is 0 Å². The number of nitrogens with zero attached hydrogens (tertiary/aromatic N) is 3. The number of carbonyl (C=O) groups excluding carboxylic acids is 2. The quantitative estimate of drug-likeness (QED) is 0.929. The van der Waals surface area contributed by atoms with Crippen LogP contribution in [0.3, 0.4) is 0 Å². The van der Waals surface area contributed by atoms with Gasteiger partial charge in [0.2, 0.25) is 5.91 Å². The van der Waals surface area contributed by atoms with E-state index in [1.54, 1.807) is 23.2 Å². The molecule has 24 heavy (non-hydrogen) atoms. The highest BCUT2D eigenvalue weighted by Gasteiger charge is 2.33. The number of rotatable bonds is 4. The molecule has 0 saturated carbocycles. The predicted molar refractivity (Wildman–Crippen MR) is 93.2 cm³/mol. The van der Waals surface area contributed by atoms with Crippen molar-refractivity contribution in [2.75, 3.05) is 30.4 Å². The summed E-state index contributed by atoms with van der Waals surface area (Å²) in [6.45, 7) is 0.604. The average molecular weight is 324 g/mol. The smallest absolute Gasteiger partial charge is 0.252 e. The monoisotopic (exact) mass is 324 g/mol. The number of nitrogens with one attached hydrogen (secondary N) is 1. The molecule has 1 atom stereocenters. The minimum absolute atomic E-state index is 0.0727. The Kier molecular flexibility index (Phi) is 4.46. The summed E-state index contributed by atoms with van der Waals surface area (Å²) in [4.78, 5) is 32.7. The van der Waals surface area contributed by atoms with Crippen LogP contribution in [-0.4, -0.2) is 43.5 Å². The largest absolute Gasteiger partial charge is 0.363 e. The number of amides is 2. The molecule has 0 radical (unpaired) electrons. The lowest BCUT2D eigenvalue weighted by molar-refractivity contribution is -0.118. The molecule has 1 fully saturated rings. The summed E-state index contributed by atoms with van der Waals surface area (Å²) >= 11 is 0. The van der Waals surface area contributed by atoms with Gasteiger partial charge in [-0.05, 0) is 30.7 Å². The number of para-hydroxylation sites is 1. The van der Waals surface area contributed by atoms with Crippen molar-refractivity contribution in [3.63, 3.8) is 0 Å². The van der Waals surface area contributed by atoms with Crippen molar-refractivity contribution < 1.29 is 9.59 Å². The fraction of sp³-hybridized carbons (Fsp3) is 0.278. The summed E-state index contributed by atoms with van der Waals surface area (Å²) in [5, 5.41) is 2.83. The molecule has 0 bridgehead atoms. The molecular formula is C18H20N4O2. The third kappa shape index (κ3) is 3.22. The summed E-state index contributed by atoms with van der Waals surface area (Å²) in [5.41, 5.74) is 1.36. The predicted octanol–water partition coefficient (Wildman–Crippen LogP) is 1.68. The summed E-state index contributed by atoms with van der Waals surface area (Å²) in [5.74, 6) is 0.372. The standard InChI is InChI=1S/C18H20N4O2/c1-21(2)16-12-13(8-10-19-16)17(23)20-15-9-11-22(18(15)24)14-6-4-3-5-7-14/h3-8,10,12,15H,9,11H2,1-2H3,(H,20,23). The lowest BCUT2D eigenvalue weighted by Crippen LogP contribution is -2.41. The van der Waals surface area contributed by atoms with Gasteiger partial charge in [0.05, 0.1) is 0 Å². The maximum absolute atomic E-state index is 12.5. The Labute approximate surface area is 141 Å². The van der Waals surface area contributed by atoms with Gasteiger partial charge < -0.3 is 15.1 Å². The van der Waals surface area contributed by atoms with E-state index < -0.39 is 6.04 Å². The van der Waals surface area contributed by atoms with Crippen LogP contribution in [0.5, 0.6) is 0 Å². The van der Waals surface area contributed by atoms with E-state index in [0.717, 1.165) is 5.69 Å². The fourth-order valence-electron chi connectivity index (χ4n) is 2.72. The zero-order chi connectivity index (χ0) is 17.1. The minimum atomic E-state index is -0.492. The molecule has 1 aromatic heterocycles. The van der Waals surface area contributed by atoms with E-state index >= 15 is 0 Å². The maximum atomic E-state index is 12.5. The SMILES string of the molecule is CN(C)c1cc(C(=O)NC2CCN(c3ccccc3)C2=O)ccn1. The number of hydrogen-bond donors (Lipinski definition) is 1. The summed E-state index contributed by atoms with van der Waals surface area (Å²) < 4.78 is 0. The van der Waals surface area contributed by atoms with E-state index in [2.05, 4.69) is 10.3 Å². The molecule has 2 heterocycles. The molecule has 6 nitrogen and oxygen atoms in total. The molecule has 0 aliphatic carbocycles. The van der Waals surface area contributed by atoms with Crippen molar-refractivity contribution in [3.05, 3.63) is 54.2 Å². The molecular weight excluding hydrogens is 304 g/mol. The van der Waals surface area contributed by atoms with E-state index in [1.807, 2.05) is 49.3 Å². The van der Waals surface area contributed by atoms with Gasteiger partial charge in [-0.3, -0.25) is 9.59 Å². The second kappa shape index (κ2) is 6.70. The number of hydrogen-bond acceptors (Lipinski definition) is 4. The molecule has 2 amide bonds. The number of anilines is 2. The van der Waals surface area contributed by atoms with Crippen LogP contribution in [-0.2, 0) is 4.79 Å². The number of benzene rings is 1. The first kappa shape index (κ1) is 16.0. The molecule has 1 saturated heterocycles. The van der Waals surface area contributed by atoms with Crippen LogP contribution >= 0.6 is 0 Å². The molecule has 1 aromatic carbocycles. The minimum Gasteiger partial charge on any atom is -0.363 e. The average Bonchev–Trinajstić information content (AvgIpc) is 2.96. The summed E-state index contributed by atoms with van der Waals surface area (Å²) in [6, 6.07) is 12.4. The lowest BCUT2D eigenvalue weighted by atomic mass is 10.2. The van der Waals surface area contributed by atoms with E-state index in [9.17, 15) is 9.59 Å². The van der Waals surface area contributed by atoms with Crippen molar-refractivity contribution in [2.24, 2.45) is 0 Å². The van der Waals surface area contributed by atoms with Gasteiger partial charge in [0.1, 0.15) is 11.9 Å². The molecule has 1 unspecified atom stereocenters. The normalized spacial score (nSPS) is 17.0. The van der Waals surface area contributed by atoms with Gasteiger partial charge in [-0.15, -0.1) is 0 Å². The Balaban J connectivity index is 1.69. The van der Waals surface area contributed by atoms with Crippen molar-refractivity contribution in [3.8, 4) is 0 Å². The third-order valence-electron chi connectivity index (χ3n) is 4.04. The highest BCUT2D eigenvalue weighted by molar-refractivity contribution is 6.04. The van der Waals surface area contributed by atoms with Gasteiger partial charge in [0.15, 0.2) is 0 Å². The van der Waals surface area contributed by atoms with E-state index in [4.69, 9.17) is 0 Å². The van der Waals surface area contributed by atoms with Crippen molar-refractivity contribution in [1.82, 2.24) is 10.3 Å². The van der Waals surface area contributed by atoms with Crippen LogP contribution in [0.15, 0.2) is 48.7 Å². The molecule has 3 rings (SSSR count). The molecule has 124 valence electrons. The maximum Gasteiger partial charge on any atom is 0.252 e. The van der Waals surface area contributed by atoms with Crippen LogP contribution in [0.25, 0.3) is 0 Å². The molecule has 2 aromatic rings. The van der Waals surface area contributed by atoms with Crippen LogP contribution in [0.4, 0.5) is 11.5 Å². The van der Waals surface area contributed by atoms with Crippen LogP contribution in [0.1, 0.15) is 16.8 Å². The van der Waals surface area contributed by atoms with Crippen LogP contribution in [0.2, 0.25) is 0 Å². The topological polar surface area (TPSA) is 65.5 Å². The first-order valence-corrected chi connectivity index (χ1v) is 7.87. The number of carbonyl (C=O) groups is 2. The molecule has 1 N–H and O–H groups in total. The zero-order valence-corrected chi connectivity index (χ0v) is 13.8. The van der Waals surface area contributed by atoms with E-state index in [-0.39, 0.29) is 11.8 Å². The fourth-order valence-corrected chi connectivity index (χ4v) is 2.72. The summed E-state index contributed by atoms with van der Waals surface area (Å²) in [6.07, 6.45) is 2.20. The molecule has 6 heteroatoms. The van der Waals surface area contributed by atoms with Gasteiger partial charge in [-0.25, -0.2) is 4.98 Å². The Bertz CT molecular complexity index is 746. The second-order valence-corrected chi connectivity index (χ2v) is 5.94. The van der Waals surface area contributed by atoms with Gasteiger partial charge in [-0.2, -0.15) is 0 Å². The van der Waals surface area contributed by atoms with Gasteiger partial charge in [0.25, 0.3) is 5.91 Å². The first-order valence-electron chi connectivity index (χ1n) is 7.87. The highest BCUT2D eigenvalue weighted by atomic mass is 16.2. The van der Waals surface area contributed by atoms with E-state index in [1.165, 1.54) is 0 Å². The number of pyridine rings is 1. The Morgan fingerprint density at radius 2 is 2.00 bits per heavy atom. The van der Waals surface area contributed by atoms with Crippen molar-refractivity contribution in [2.45, 2.75) is 12.5 Å². The Hall–Kier alpha value is -2.89.